The number of pyridine rings is 1. The van der Waals surface area contributed by atoms with Crippen molar-refractivity contribution >= 4 is 17.8 Å². The first-order valence-corrected chi connectivity index (χ1v) is 9.21. The number of aromatic carboxylic acids is 2. The Labute approximate surface area is 176 Å². The van der Waals surface area contributed by atoms with Crippen LogP contribution in [0.4, 0.5) is 5.82 Å². The van der Waals surface area contributed by atoms with Crippen LogP contribution >= 0.6 is 0 Å². The average molecular weight is 424 g/mol. The summed E-state index contributed by atoms with van der Waals surface area (Å²) < 4.78 is 11.1. The minimum atomic E-state index is -1.58. The van der Waals surface area contributed by atoms with Gasteiger partial charge in [0, 0.05) is 12.0 Å². The second-order valence-electron chi connectivity index (χ2n) is 6.55. The highest BCUT2D eigenvalue weighted by Crippen LogP contribution is 2.36. The first-order chi connectivity index (χ1) is 14.8. The summed E-state index contributed by atoms with van der Waals surface area (Å²) in [6.45, 7) is 0.360. The molecule has 0 radical (unpaired) electrons. The molecule has 0 saturated carbocycles. The Hall–Kier alpha value is -4.27. The van der Waals surface area contributed by atoms with Gasteiger partial charge < -0.3 is 30.4 Å². The lowest BCUT2D eigenvalue weighted by molar-refractivity contribution is 0.0695. The lowest BCUT2D eigenvalue weighted by atomic mass is 9.95. The monoisotopic (exact) mass is 424 g/mol. The van der Waals surface area contributed by atoms with E-state index in [1.807, 2.05) is 30.3 Å². The summed E-state index contributed by atoms with van der Waals surface area (Å²) >= 11 is 0. The third-order valence-corrected chi connectivity index (χ3v) is 4.62. The van der Waals surface area contributed by atoms with Crippen molar-refractivity contribution < 1.29 is 29.3 Å². The molecule has 9 heteroatoms. The predicted octanol–water partition coefficient (Wildman–Crippen LogP) is 2.65. The fraction of sp³-hybridized carbons (Fsp3) is 0.136. The standard InChI is InChI=1S/C22H20N2O7/c1-30-15-11-13(7-8-14(15)31-10-9-12-5-3-2-4-6-12)16-17(21(26)27)19(23)24-20(25)18(16)22(28)29/h2-8,11H,9-10H2,1H3,(H,26,27)(H,28,29)(H3,23,24,25). The molecular weight excluding hydrogens is 404 g/mol. The Balaban J connectivity index is 2.02. The molecule has 9 nitrogen and oxygen atoms in total. The Morgan fingerprint density at radius 3 is 2.29 bits per heavy atom. The molecule has 5 N–H and O–H groups in total. The number of aromatic amines is 1. The number of rotatable bonds is 8. The third kappa shape index (κ3) is 4.50. The Kier molecular flexibility index (Phi) is 6.25. The second-order valence-corrected chi connectivity index (χ2v) is 6.55. The van der Waals surface area contributed by atoms with Gasteiger partial charge in [0.15, 0.2) is 11.5 Å². The molecule has 0 atom stereocenters. The van der Waals surface area contributed by atoms with Crippen molar-refractivity contribution in [2.75, 3.05) is 19.5 Å². The van der Waals surface area contributed by atoms with Crippen LogP contribution in [0.15, 0.2) is 53.3 Å². The molecule has 0 bridgehead atoms. The number of hydrogen-bond donors (Lipinski definition) is 4. The number of carboxylic acids is 2. The Bertz CT molecular complexity index is 1190. The normalized spacial score (nSPS) is 10.5. The molecule has 160 valence electrons. The van der Waals surface area contributed by atoms with Gasteiger partial charge in [0.2, 0.25) is 0 Å². The highest BCUT2D eigenvalue weighted by Gasteiger charge is 2.27. The summed E-state index contributed by atoms with van der Waals surface area (Å²) in [6, 6.07) is 14.1. The molecule has 1 heterocycles. The van der Waals surface area contributed by atoms with E-state index in [2.05, 4.69) is 4.98 Å². The minimum absolute atomic E-state index is 0.139. The average Bonchev–Trinajstić information content (AvgIpc) is 2.73. The molecule has 0 fully saturated rings. The minimum Gasteiger partial charge on any atom is -0.493 e. The maximum atomic E-state index is 12.2. The summed E-state index contributed by atoms with van der Waals surface area (Å²) in [5.41, 5.74) is 4.33. The van der Waals surface area contributed by atoms with Gasteiger partial charge in [0.05, 0.1) is 13.7 Å². The SMILES string of the molecule is COc1cc(-c2c(C(=O)O)c(N)[nH]c(=O)c2C(=O)O)ccc1OCCc1ccccc1. The maximum absolute atomic E-state index is 12.2. The molecule has 0 unspecified atom stereocenters. The smallest absolute Gasteiger partial charge is 0.342 e. The van der Waals surface area contributed by atoms with Gasteiger partial charge in [-0.2, -0.15) is 0 Å². The van der Waals surface area contributed by atoms with E-state index in [0.717, 1.165) is 5.56 Å². The molecule has 3 aromatic rings. The van der Waals surface area contributed by atoms with Gasteiger partial charge in [-0.25, -0.2) is 9.59 Å². The van der Waals surface area contributed by atoms with Crippen LogP contribution in [0, 0.1) is 0 Å². The largest absolute Gasteiger partial charge is 0.493 e. The number of H-pyrrole nitrogens is 1. The zero-order chi connectivity index (χ0) is 22.5. The van der Waals surface area contributed by atoms with E-state index in [-0.39, 0.29) is 16.9 Å². The van der Waals surface area contributed by atoms with Crippen molar-refractivity contribution in [3.63, 3.8) is 0 Å². The van der Waals surface area contributed by atoms with Crippen LogP contribution in [0.1, 0.15) is 26.3 Å². The summed E-state index contributed by atoms with van der Waals surface area (Å²) in [7, 11) is 1.39. The molecule has 0 spiro atoms. The number of methoxy groups -OCH3 is 1. The van der Waals surface area contributed by atoms with Crippen molar-refractivity contribution in [2.24, 2.45) is 0 Å². The number of ether oxygens (including phenoxy) is 2. The van der Waals surface area contributed by atoms with Gasteiger partial charge >= 0.3 is 11.9 Å². The van der Waals surface area contributed by atoms with Crippen LogP contribution < -0.4 is 20.8 Å². The predicted molar refractivity (Wildman–Crippen MR) is 113 cm³/mol. The molecule has 2 aromatic carbocycles. The van der Waals surface area contributed by atoms with E-state index in [0.29, 0.717) is 18.8 Å². The zero-order valence-electron chi connectivity index (χ0n) is 16.5. The number of carbonyl (C=O) groups is 2. The highest BCUT2D eigenvalue weighted by atomic mass is 16.5. The molecule has 0 saturated heterocycles. The number of anilines is 1. The van der Waals surface area contributed by atoms with E-state index in [1.54, 1.807) is 0 Å². The van der Waals surface area contributed by atoms with E-state index in [1.165, 1.54) is 25.3 Å². The molecular formula is C22H20N2O7. The van der Waals surface area contributed by atoms with Gasteiger partial charge in [-0.1, -0.05) is 36.4 Å². The number of carboxylic acid groups (broad SMARTS) is 2. The third-order valence-electron chi connectivity index (χ3n) is 4.62. The lowest BCUT2D eigenvalue weighted by Gasteiger charge is -2.15. The quantitative estimate of drug-likeness (QED) is 0.431. The molecule has 0 aliphatic carbocycles. The van der Waals surface area contributed by atoms with E-state index < -0.39 is 34.4 Å². The topological polar surface area (TPSA) is 152 Å². The maximum Gasteiger partial charge on any atom is 0.342 e. The van der Waals surface area contributed by atoms with Gasteiger partial charge in [-0.3, -0.25) is 4.79 Å². The number of nitrogens with two attached hydrogens (primary N) is 1. The van der Waals surface area contributed by atoms with Crippen molar-refractivity contribution in [1.82, 2.24) is 4.98 Å². The van der Waals surface area contributed by atoms with Crippen LogP contribution in [0.5, 0.6) is 11.5 Å². The van der Waals surface area contributed by atoms with Crippen molar-refractivity contribution in [2.45, 2.75) is 6.42 Å². The van der Waals surface area contributed by atoms with Gasteiger partial charge in [0.25, 0.3) is 5.56 Å². The van der Waals surface area contributed by atoms with E-state index >= 15 is 0 Å². The number of hydrogen-bond acceptors (Lipinski definition) is 6. The van der Waals surface area contributed by atoms with Crippen LogP contribution in [0.25, 0.3) is 11.1 Å². The summed E-state index contributed by atoms with van der Waals surface area (Å²) in [4.78, 5) is 37.7. The Morgan fingerprint density at radius 2 is 1.68 bits per heavy atom. The molecule has 0 amide bonds. The number of benzene rings is 2. The van der Waals surface area contributed by atoms with E-state index in [9.17, 15) is 24.6 Å². The van der Waals surface area contributed by atoms with Crippen LogP contribution in [-0.4, -0.2) is 40.9 Å². The van der Waals surface area contributed by atoms with Crippen LogP contribution in [0.2, 0.25) is 0 Å². The van der Waals surface area contributed by atoms with E-state index in [4.69, 9.17) is 15.2 Å². The van der Waals surface area contributed by atoms with Crippen molar-refractivity contribution in [1.29, 1.82) is 0 Å². The van der Waals surface area contributed by atoms with Gasteiger partial charge in [0.1, 0.15) is 16.9 Å². The summed E-state index contributed by atoms with van der Waals surface area (Å²) in [5.74, 6) is -2.88. The number of aromatic nitrogens is 1. The molecule has 0 aliphatic rings. The highest BCUT2D eigenvalue weighted by molar-refractivity contribution is 6.07. The first-order valence-electron chi connectivity index (χ1n) is 9.21. The molecule has 3 rings (SSSR count). The fourth-order valence-corrected chi connectivity index (χ4v) is 3.20. The molecule has 0 aliphatic heterocycles. The van der Waals surface area contributed by atoms with Crippen molar-refractivity contribution in [3.8, 4) is 22.6 Å². The first kappa shape index (κ1) is 21.4. The van der Waals surface area contributed by atoms with Crippen LogP contribution in [-0.2, 0) is 6.42 Å². The number of nitrogens with one attached hydrogen (secondary N) is 1. The van der Waals surface area contributed by atoms with Gasteiger partial charge in [-0.05, 0) is 23.3 Å². The van der Waals surface area contributed by atoms with Gasteiger partial charge in [-0.15, -0.1) is 0 Å². The zero-order valence-corrected chi connectivity index (χ0v) is 16.5. The summed E-state index contributed by atoms with van der Waals surface area (Å²) in [6.07, 6.45) is 0.655. The molecule has 1 aromatic heterocycles. The Morgan fingerprint density at radius 1 is 1.00 bits per heavy atom. The second kappa shape index (κ2) is 9.04. The number of nitrogen functional groups attached to an aromatic ring is 1. The fourth-order valence-electron chi connectivity index (χ4n) is 3.20. The van der Waals surface area contributed by atoms with Crippen molar-refractivity contribution in [3.05, 3.63) is 75.6 Å². The lowest BCUT2D eigenvalue weighted by Crippen LogP contribution is -2.24. The summed E-state index contributed by atoms with van der Waals surface area (Å²) in [5, 5.41) is 19.1. The van der Waals surface area contributed by atoms with Crippen LogP contribution in [0.3, 0.4) is 0 Å². The molecule has 31 heavy (non-hydrogen) atoms.